The Morgan fingerprint density at radius 1 is 0.955 bits per heavy atom. The Labute approximate surface area is 273 Å². The summed E-state index contributed by atoms with van der Waals surface area (Å²) in [6, 6.07) is 18.1. The number of thioether (sulfide) groups is 1. The molecule has 3 aromatic carbocycles. The summed E-state index contributed by atoms with van der Waals surface area (Å²) in [5.41, 5.74) is 1.85. The molecule has 12 heteroatoms. The van der Waals surface area contributed by atoms with E-state index in [2.05, 4.69) is 17.1 Å². The second-order valence-corrected chi connectivity index (χ2v) is 12.8. The lowest BCUT2D eigenvalue weighted by Crippen LogP contribution is -2.29. The van der Waals surface area contributed by atoms with Crippen molar-refractivity contribution in [1.82, 2.24) is 10.2 Å². The van der Waals surface area contributed by atoms with Gasteiger partial charge in [-0.3, -0.25) is 14.5 Å². The highest BCUT2D eigenvalue weighted by Gasteiger charge is 2.48. The van der Waals surface area contributed by atoms with E-state index in [1.165, 1.54) is 28.0 Å². The molecule has 1 aromatic heterocycles. The number of benzene rings is 3. The van der Waals surface area contributed by atoms with Crippen molar-refractivity contribution < 1.29 is 24.2 Å². The molecular weight excluding hydrogens is 641 g/mol. The van der Waals surface area contributed by atoms with Gasteiger partial charge in [0, 0.05) is 21.4 Å². The highest BCUT2D eigenvalue weighted by Crippen LogP contribution is 2.45. The monoisotopic (exact) mass is 669 g/mol. The fourth-order valence-electron chi connectivity index (χ4n) is 4.60. The van der Waals surface area contributed by atoms with Crippen LogP contribution in [0.4, 0.5) is 5.13 Å². The molecule has 2 heterocycles. The van der Waals surface area contributed by atoms with E-state index in [9.17, 15) is 14.7 Å². The van der Waals surface area contributed by atoms with Gasteiger partial charge in [-0.05, 0) is 73.0 Å². The Balaban J connectivity index is 1.56. The minimum atomic E-state index is -1.00. The quantitative estimate of drug-likeness (QED) is 0.0401. The number of Topliss-reactive ketones (excluding diaryl/α,β-unsaturated/α-hetero) is 1. The number of carbonyl (C=O) groups is 2. The maximum Gasteiger partial charge on any atom is 0.301 e. The molecule has 0 saturated carbocycles. The topological polar surface area (TPSA) is 102 Å². The number of nitrogens with zero attached hydrogens (tertiary/aromatic N) is 3. The van der Waals surface area contributed by atoms with E-state index in [0.717, 1.165) is 18.4 Å². The van der Waals surface area contributed by atoms with Gasteiger partial charge in [-0.15, -0.1) is 10.2 Å². The zero-order chi connectivity index (χ0) is 31.2. The van der Waals surface area contributed by atoms with Crippen molar-refractivity contribution in [2.75, 3.05) is 18.1 Å². The molecule has 228 valence electrons. The number of amides is 1. The lowest BCUT2D eigenvalue weighted by atomic mass is 9.95. The predicted octanol–water partition coefficient (Wildman–Crippen LogP) is 8.34. The number of rotatable bonds is 12. The van der Waals surface area contributed by atoms with Crippen molar-refractivity contribution in [3.63, 3.8) is 0 Å². The van der Waals surface area contributed by atoms with Crippen molar-refractivity contribution >= 4 is 68.9 Å². The molecule has 1 N–H and O–H groups in total. The van der Waals surface area contributed by atoms with Gasteiger partial charge >= 0.3 is 5.91 Å². The summed E-state index contributed by atoms with van der Waals surface area (Å²) in [7, 11) is 0. The third-order valence-electron chi connectivity index (χ3n) is 6.78. The maximum atomic E-state index is 13.6. The second-order valence-electron chi connectivity index (χ2n) is 9.78. The zero-order valence-electron chi connectivity index (χ0n) is 24.0. The maximum absolute atomic E-state index is 13.6. The lowest BCUT2D eigenvalue weighted by Gasteiger charge is -2.23. The van der Waals surface area contributed by atoms with E-state index >= 15 is 0 Å². The van der Waals surface area contributed by atoms with Gasteiger partial charge in [0.1, 0.15) is 5.76 Å². The van der Waals surface area contributed by atoms with Crippen LogP contribution in [0.3, 0.4) is 0 Å². The van der Waals surface area contributed by atoms with Gasteiger partial charge in [0.2, 0.25) is 5.13 Å². The Morgan fingerprint density at radius 2 is 1.66 bits per heavy atom. The molecule has 5 rings (SSSR count). The average Bonchev–Trinajstić information content (AvgIpc) is 3.59. The molecule has 44 heavy (non-hydrogen) atoms. The van der Waals surface area contributed by atoms with E-state index < -0.39 is 17.7 Å². The average molecular weight is 671 g/mol. The Kier molecular flexibility index (Phi) is 10.5. The van der Waals surface area contributed by atoms with Crippen molar-refractivity contribution in [3.05, 3.63) is 99.0 Å². The smallest absolute Gasteiger partial charge is 0.301 e. The number of aliphatic hydroxyl groups excluding tert-OH is 1. The van der Waals surface area contributed by atoms with Crippen LogP contribution < -0.4 is 14.4 Å². The molecule has 8 nitrogen and oxygen atoms in total. The van der Waals surface area contributed by atoms with Gasteiger partial charge in [0.05, 0.1) is 24.8 Å². The van der Waals surface area contributed by atoms with E-state index in [0.29, 0.717) is 56.0 Å². The number of halogens is 2. The third-order valence-corrected chi connectivity index (χ3v) is 9.41. The summed E-state index contributed by atoms with van der Waals surface area (Å²) < 4.78 is 12.5. The molecule has 0 aliphatic carbocycles. The molecule has 1 saturated heterocycles. The van der Waals surface area contributed by atoms with E-state index in [-0.39, 0.29) is 16.5 Å². The SMILES string of the molecule is CCCCOc1ccc(C2C(=C(O)c3ccc(Cl)cc3)C(=O)C(=O)N2c2nnc(SCc3ccc(Cl)cc3)s2)cc1OCC. The van der Waals surface area contributed by atoms with Crippen molar-refractivity contribution in [2.24, 2.45) is 0 Å². The number of aliphatic hydroxyl groups is 1. The summed E-state index contributed by atoms with van der Waals surface area (Å²) in [6.07, 6.45) is 1.85. The summed E-state index contributed by atoms with van der Waals surface area (Å²) in [4.78, 5) is 28.5. The third kappa shape index (κ3) is 7.04. The van der Waals surface area contributed by atoms with Crippen molar-refractivity contribution in [1.29, 1.82) is 0 Å². The van der Waals surface area contributed by atoms with Gasteiger partial charge in [-0.1, -0.05) is 77.8 Å². The first-order chi connectivity index (χ1) is 21.3. The molecule has 4 aromatic rings. The van der Waals surface area contributed by atoms with Crippen LogP contribution in [0.25, 0.3) is 5.76 Å². The molecule has 1 unspecified atom stereocenters. The number of hydrogen-bond acceptors (Lipinski definition) is 9. The largest absolute Gasteiger partial charge is 0.507 e. The van der Waals surface area contributed by atoms with Gasteiger partial charge in [0.15, 0.2) is 15.8 Å². The highest BCUT2D eigenvalue weighted by molar-refractivity contribution is 8.00. The number of ketones is 1. The van der Waals surface area contributed by atoms with Crippen LogP contribution in [0.15, 0.2) is 76.6 Å². The summed E-state index contributed by atoms with van der Waals surface area (Å²) in [5.74, 6) is -0.353. The number of unbranched alkanes of at least 4 members (excludes halogenated alkanes) is 1. The zero-order valence-corrected chi connectivity index (χ0v) is 27.1. The van der Waals surface area contributed by atoms with E-state index in [1.54, 1.807) is 42.5 Å². The molecule has 0 bridgehead atoms. The first kappa shape index (κ1) is 31.8. The van der Waals surface area contributed by atoms with Crippen LogP contribution >= 0.6 is 46.3 Å². The Hall–Kier alpha value is -3.57. The molecular formula is C32H29Cl2N3O5S2. The summed E-state index contributed by atoms with van der Waals surface area (Å²) >= 11 is 14.7. The molecule has 1 aliphatic rings. The van der Waals surface area contributed by atoms with Crippen LogP contribution in [0.5, 0.6) is 11.5 Å². The van der Waals surface area contributed by atoms with Crippen LogP contribution in [0.2, 0.25) is 10.0 Å². The van der Waals surface area contributed by atoms with Gasteiger partial charge in [0.25, 0.3) is 5.78 Å². The van der Waals surface area contributed by atoms with E-state index in [4.69, 9.17) is 32.7 Å². The minimum absolute atomic E-state index is 0.0787. The number of hydrogen-bond donors (Lipinski definition) is 1. The standard InChI is InChI=1S/C32H29Cl2N3O5S2/c1-3-5-16-42-24-15-10-21(17-25(24)41-4-2)27-26(28(38)20-8-13-23(34)14-9-20)29(39)30(40)37(27)31-35-36-32(44-31)43-18-19-6-11-22(33)12-7-19/h6-15,17,27,38H,3-5,16,18H2,1-2H3. The highest BCUT2D eigenvalue weighted by atomic mass is 35.5. The number of aromatic nitrogens is 2. The van der Waals surface area contributed by atoms with Gasteiger partial charge in [-0.25, -0.2) is 0 Å². The minimum Gasteiger partial charge on any atom is -0.507 e. The second kappa shape index (κ2) is 14.5. The van der Waals surface area contributed by atoms with Crippen molar-refractivity contribution in [3.8, 4) is 11.5 Å². The summed E-state index contributed by atoms with van der Waals surface area (Å²) in [6.45, 7) is 4.84. The number of carbonyl (C=O) groups excluding carboxylic acids is 2. The van der Waals surface area contributed by atoms with Gasteiger partial charge in [-0.2, -0.15) is 0 Å². The number of anilines is 1. The van der Waals surface area contributed by atoms with Crippen LogP contribution in [0, 0.1) is 0 Å². The van der Waals surface area contributed by atoms with Crippen LogP contribution in [-0.2, 0) is 15.3 Å². The van der Waals surface area contributed by atoms with Gasteiger partial charge < -0.3 is 14.6 Å². The van der Waals surface area contributed by atoms with Crippen molar-refractivity contribution in [2.45, 2.75) is 42.8 Å². The lowest BCUT2D eigenvalue weighted by molar-refractivity contribution is -0.132. The Morgan fingerprint density at radius 3 is 2.34 bits per heavy atom. The predicted molar refractivity (Wildman–Crippen MR) is 175 cm³/mol. The molecule has 1 fully saturated rings. The van der Waals surface area contributed by atoms with Crippen LogP contribution in [0.1, 0.15) is 49.4 Å². The fourth-order valence-corrected chi connectivity index (χ4v) is 6.68. The first-order valence-corrected chi connectivity index (χ1v) is 16.5. The fraction of sp³-hybridized carbons (Fsp3) is 0.250. The molecule has 1 atom stereocenters. The van der Waals surface area contributed by atoms with E-state index in [1.807, 2.05) is 31.2 Å². The first-order valence-electron chi connectivity index (χ1n) is 14.0. The number of ether oxygens (including phenoxy) is 2. The normalized spacial score (nSPS) is 16.0. The molecule has 0 radical (unpaired) electrons. The molecule has 1 amide bonds. The molecule has 0 spiro atoms. The molecule has 1 aliphatic heterocycles. The van der Waals surface area contributed by atoms with Crippen LogP contribution in [-0.4, -0.2) is 40.2 Å². The Bertz CT molecular complexity index is 1680. The summed E-state index contributed by atoms with van der Waals surface area (Å²) in [5, 5.41) is 21.4.